The molecule has 0 aliphatic carbocycles. The number of piperidine rings is 1. The van der Waals surface area contributed by atoms with Crippen molar-refractivity contribution in [1.29, 1.82) is 0 Å². The predicted octanol–water partition coefficient (Wildman–Crippen LogP) is 2.49. The number of halogens is 1. The van der Waals surface area contributed by atoms with Crippen LogP contribution < -0.4 is 11.1 Å². The van der Waals surface area contributed by atoms with E-state index in [-0.39, 0.29) is 35.5 Å². The van der Waals surface area contributed by atoms with Crippen LogP contribution in [-0.4, -0.2) is 41.1 Å². The Kier molecular flexibility index (Phi) is 5.95. The van der Waals surface area contributed by atoms with Crippen molar-refractivity contribution in [2.24, 2.45) is 5.73 Å². The van der Waals surface area contributed by atoms with Crippen LogP contribution in [0.1, 0.15) is 36.5 Å². The lowest BCUT2D eigenvalue weighted by molar-refractivity contribution is -0.115. The molecule has 0 saturated carbocycles. The van der Waals surface area contributed by atoms with Crippen LogP contribution in [0.2, 0.25) is 0 Å². The van der Waals surface area contributed by atoms with Gasteiger partial charge in [-0.3, -0.25) is 9.59 Å². The van der Waals surface area contributed by atoms with Crippen molar-refractivity contribution < 1.29 is 9.59 Å². The smallest absolute Gasteiger partial charge is 0.254 e. The number of anilines is 1. The number of amides is 2. The van der Waals surface area contributed by atoms with E-state index in [4.69, 9.17) is 5.73 Å². The third-order valence-electron chi connectivity index (χ3n) is 4.32. The van der Waals surface area contributed by atoms with Crippen LogP contribution >= 0.6 is 24.2 Å². The zero-order valence-corrected chi connectivity index (χ0v) is 14.7. The lowest BCUT2D eigenvalue weighted by Crippen LogP contribution is -2.47. The summed E-state index contributed by atoms with van der Waals surface area (Å²) in [4.78, 5) is 27.4. The highest BCUT2D eigenvalue weighted by Gasteiger charge is 2.28. The summed E-state index contributed by atoms with van der Waals surface area (Å²) in [7, 11) is 0. The number of carbonyl (C=O) groups is 2. The highest BCUT2D eigenvalue weighted by molar-refractivity contribution is 8.00. The molecule has 2 atom stereocenters. The minimum atomic E-state index is -0.0993. The van der Waals surface area contributed by atoms with Gasteiger partial charge in [0.2, 0.25) is 5.91 Å². The Balaban J connectivity index is 0.00000192. The third kappa shape index (κ3) is 3.65. The maximum absolute atomic E-state index is 12.8. The summed E-state index contributed by atoms with van der Waals surface area (Å²) in [6, 6.07) is 5.68. The van der Waals surface area contributed by atoms with E-state index in [1.807, 2.05) is 24.0 Å². The van der Waals surface area contributed by atoms with Gasteiger partial charge >= 0.3 is 0 Å². The first-order chi connectivity index (χ1) is 10.6. The van der Waals surface area contributed by atoms with Crippen LogP contribution in [0.5, 0.6) is 0 Å². The van der Waals surface area contributed by atoms with Crippen molar-refractivity contribution in [3.63, 3.8) is 0 Å². The van der Waals surface area contributed by atoms with Crippen LogP contribution in [0.3, 0.4) is 0 Å². The number of nitrogens with two attached hydrogens (primary N) is 1. The van der Waals surface area contributed by atoms with Gasteiger partial charge in [-0.2, -0.15) is 0 Å². The fourth-order valence-electron chi connectivity index (χ4n) is 3.02. The molecule has 1 aromatic rings. The van der Waals surface area contributed by atoms with Gasteiger partial charge in [-0.15, -0.1) is 24.2 Å². The minimum absolute atomic E-state index is 0. The molecule has 2 aliphatic rings. The summed E-state index contributed by atoms with van der Waals surface area (Å²) in [5.74, 6) is -0.00396. The molecule has 2 unspecified atom stereocenters. The third-order valence-corrected chi connectivity index (χ3v) is 5.49. The van der Waals surface area contributed by atoms with Crippen molar-refractivity contribution in [1.82, 2.24) is 4.90 Å². The van der Waals surface area contributed by atoms with Crippen LogP contribution in [0.15, 0.2) is 23.1 Å². The molecule has 126 valence electrons. The molecule has 1 saturated heterocycles. The molecule has 5 nitrogen and oxygen atoms in total. The summed E-state index contributed by atoms with van der Waals surface area (Å²) in [6.45, 7) is 3.14. The van der Waals surface area contributed by atoms with Crippen molar-refractivity contribution >= 4 is 41.7 Å². The number of hydrogen-bond acceptors (Lipinski definition) is 4. The average Bonchev–Trinajstić information content (AvgIpc) is 2.55. The SMILES string of the molecule is CC1Sc2ccc(C(=O)N3CCCCC3CN)cc2NC1=O.Cl. The zero-order valence-electron chi connectivity index (χ0n) is 13.1. The number of benzene rings is 1. The highest BCUT2D eigenvalue weighted by atomic mass is 35.5. The quantitative estimate of drug-likeness (QED) is 0.854. The number of hydrogen-bond donors (Lipinski definition) is 2. The lowest BCUT2D eigenvalue weighted by Gasteiger charge is -2.35. The van der Waals surface area contributed by atoms with Gasteiger partial charge in [0, 0.05) is 29.6 Å². The van der Waals surface area contributed by atoms with Gasteiger partial charge in [-0.25, -0.2) is 0 Å². The predicted molar refractivity (Wildman–Crippen MR) is 95.4 cm³/mol. The fourth-order valence-corrected chi connectivity index (χ4v) is 3.95. The second-order valence-corrected chi connectivity index (χ2v) is 7.23. The van der Waals surface area contributed by atoms with Crippen molar-refractivity contribution in [3.8, 4) is 0 Å². The minimum Gasteiger partial charge on any atom is -0.334 e. The van der Waals surface area contributed by atoms with Crippen LogP contribution in [-0.2, 0) is 4.79 Å². The molecule has 1 aromatic carbocycles. The van der Waals surface area contributed by atoms with Gasteiger partial charge in [0.05, 0.1) is 10.9 Å². The first-order valence-electron chi connectivity index (χ1n) is 7.72. The molecule has 1 fully saturated rings. The Hall–Kier alpha value is -1.24. The molecule has 3 rings (SSSR count). The number of likely N-dealkylation sites (tertiary alicyclic amines) is 1. The molecular formula is C16H22ClN3O2S. The van der Waals surface area contributed by atoms with E-state index in [1.54, 1.807) is 6.07 Å². The Morgan fingerprint density at radius 3 is 2.96 bits per heavy atom. The summed E-state index contributed by atoms with van der Waals surface area (Å²) >= 11 is 1.52. The number of nitrogens with one attached hydrogen (secondary N) is 1. The molecule has 3 N–H and O–H groups in total. The molecule has 2 heterocycles. The number of carbonyl (C=O) groups excluding carboxylic acids is 2. The Morgan fingerprint density at radius 1 is 1.43 bits per heavy atom. The van der Waals surface area contributed by atoms with Gasteiger partial charge in [0.1, 0.15) is 0 Å². The fraction of sp³-hybridized carbons (Fsp3) is 0.500. The number of nitrogens with zero attached hydrogens (tertiary/aromatic N) is 1. The van der Waals surface area contributed by atoms with E-state index < -0.39 is 0 Å². The van der Waals surface area contributed by atoms with E-state index in [0.717, 1.165) is 36.4 Å². The van der Waals surface area contributed by atoms with E-state index in [9.17, 15) is 9.59 Å². The molecule has 0 radical (unpaired) electrons. The molecule has 0 bridgehead atoms. The van der Waals surface area contributed by atoms with Gasteiger partial charge < -0.3 is 16.0 Å². The molecule has 0 spiro atoms. The standard InChI is InChI=1S/C16H21N3O2S.ClH/c1-10-15(20)18-13-8-11(5-6-14(13)22-10)16(21)19-7-3-2-4-12(19)9-17;/h5-6,8,10,12H,2-4,7,9,17H2,1H3,(H,18,20);1H. The van der Waals surface area contributed by atoms with Gasteiger partial charge in [-0.1, -0.05) is 0 Å². The molecule has 7 heteroatoms. The van der Waals surface area contributed by atoms with Gasteiger partial charge in [0.25, 0.3) is 5.91 Å². The summed E-state index contributed by atoms with van der Waals surface area (Å²) in [5.41, 5.74) is 7.16. The van der Waals surface area contributed by atoms with Crippen molar-refractivity contribution in [2.45, 2.75) is 42.4 Å². The second-order valence-electron chi connectivity index (χ2n) is 5.84. The number of thioether (sulfide) groups is 1. The second kappa shape index (κ2) is 7.55. The number of rotatable bonds is 2. The molecule has 2 aliphatic heterocycles. The van der Waals surface area contributed by atoms with E-state index in [0.29, 0.717) is 12.1 Å². The topological polar surface area (TPSA) is 75.4 Å². The van der Waals surface area contributed by atoms with E-state index >= 15 is 0 Å². The van der Waals surface area contributed by atoms with E-state index in [1.165, 1.54) is 11.8 Å². The van der Waals surface area contributed by atoms with Crippen molar-refractivity contribution in [3.05, 3.63) is 23.8 Å². The Morgan fingerprint density at radius 2 is 2.22 bits per heavy atom. The molecule has 0 aromatic heterocycles. The maximum Gasteiger partial charge on any atom is 0.254 e. The zero-order chi connectivity index (χ0) is 15.7. The van der Waals surface area contributed by atoms with E-state index in [2.05, 4.69) is 5.32 Å². The first kappa shape index (κ1) is 18.1. The largest absolute Gasteiger partial charge is 0.334 e. The highest BCUT2D eigenvalue weighted by Crippen LogP contribution is 2.36. The maximum atomic E-state index is 12.8. The lowest BCUT2D eigenvalue weighted by atomic mass is 10.0. The normalized spacial score (nSPS) is 23.6. The number of fused-ring (bicyclic) bond motifs is 1. The summed E-state index contributed by atoms with van der Waals surface area (Å²) in [5, 5.41) is 2.78. The first-order valence-corrected chi connectivity index (χ1v) is 8.60. The average molecular weight is 356 g/mol. The Labute approximate surface area is 146 Å². The molecule has 2 amide bonds. The summed E-state index contributed by atoms with van der Waals surface area (Å²) < 4.78 is 0. The van der Waals surface area contributed by atoms with Crippen LogP contribution in [0.4, 0.5) is 5.69 Å². The monoisotopic (exact) mass is 355 g/mol. The van der Waals surface area contributed by atoms with Crippen LogP contribution in [0, 0.1) is 0 Å². The van der Waals surface area contributed by atoms with Gasteiger partial charge in [-0.05, 0) is 44.4 Å². The Bertz CT molecular complexity index is 611. The summed E-state index contributed by atoms with van der Waals surface area (Å²) in [6.07, 6.45) is 3.12. The molecule has 23 heavy (non-hydrogen) atoms. The van der Waals surface area contributed by atoms with Crippen molar-refractivity contribution in [2.75, 3.05) is 18.4 Å². The van der Waals surface area contributed by atoms with Gasteiger partial charge in [0.15, 0.2) is 0 Å². The molecular weight excluding hydrogens is 334 g/mol. The van der Waals surface area contributed by atoms with Crippen LogP contribution in [0.25, 0.3) is 0 Å².